The van der Waals surface area contributed by atoms with Gasteiger partial charge in [-0.15, -0.1) is 0 Å². The molecule has 1 N–H and O–H groups in total. The Labute approximate surface area is 97.8 Å². The first kappa shape index (κ1) is 11.7. The number of likely N-dealkylation sites (N-methyl/N-ethyl adjacent to an activating group) is 1. The predicted octanol–water partition coefficient (Wildman–Crippen LogP) is 1.81. The summed E-state index contributed by atoms with van der Waals surface area (Å²) in [6, 6.07) is 4.81. The molecule has 3 heteroatoms. The third-order valence-corrected chi connectivity index (χ3v) is 3.23. The van der Waals surface area contributed by atoms with E-state index in [9.17, 15) is 0 Å². The van der Waals surface area contributed by atoms with E-state index < -0.39 is 0 Å². The summed E-state index contributed by atoms with van der Waals surface area (Å²) in [7, 11) is 2.19. The molecule has 1 saturated heterocycles. The number of nitrogens with zero attached hydrogens (tertiary/aromatic N) is 1. The molecule has 3 nitrogen and oxygen atoms in total. The fourth-order valence-electron chi connectivity index (χ4n) is 2.30. The van der Waals surface area contributed by atoms with Crippen LogP contribution in [0.25, 0.3) is 0 Å². The third kappa shape index (κ3) is 3.35. The molecule has 1 aliphatic rings. The lowest BCUT2D eigenvalue weighted by molar-refractivity contribution is 0.295. The highest BCUT2D eigenvalue weighted by atomic mass is 16.3. The third-order valence-electron chi connectivity index (χ3n) is 3.23. The quantitative estimate of drug-likeness (QED) is 0.823. The van der Waals surface area contributed by atoms with Gasteiger partial charge in [0.15, 0.2) is 0 Å². The topological polar surface area (TPSA) is 28.4 Å². The second-order valence-electron chi connectivity index (χ2n) is 4.82. The molecule has 0 aromatic carbocycles. The van der Waals surface area contributed by atoms with Gasteiger partial charge in [-0.3, -0.25) is 0 Å². The van der Waals surface area contributed by atoms with Crippen LogP contribution < -0.4 is 5.32 Å². The summed E-state index contributed by atoms with van der Waals surface area (Å²) in [6.45, 7) is 5.41. The summed E-state index contributed by atoms with van der Waals surface area (Å²) in [6.07, 6.45) is 3.66. The second-order valence-corrected chi connectivity index (χ2v) is 4.82. The van der Waals surface area contributed by atoms with Gasteiger partial charge >= 0.3 is 0 Å². The summed E-state index contributed by atoms with van der Waals surface area (Å²) in [5.41, 5.74) is 0. The van der Waals surface area contributed by atoms with Crippen molar-refractivity contribution in [1.82, 2.24) is 10.2 Å². The zero-order chi connectivity index (χ0) is 11.4. The first-order valence-electron chi connectivity index (χ1n) is 6.21. The van der Waals surface area contributed by atoms with E-state index in [0.29, 0.717) is 6.04 Å². The van der Waals surface area contributed by atoms with Crippen LogP contribution >= 0.6 is 0 Å². The van der Waals surface area contributed by atoms with Gasteiger partial charge in [0.2, 0.25) is 0 Å². The van der Waals surface area contributed by atoms with Crippen LogP contribution in [0.15, 0.2) is 16.5 Å². The van der Waals surface area contributed by atoms with Crippen molar-refractivity contribution in [1.29, 1.82) is 0 Å². The van der Waals surface area contributed by atoms with Gasteiger partial charge in [-0.05, 0) is 45.5 Å². The molecule has 0 bridgehead atoms. The van der Waals surface area contributed by atoms with Crippen molar-refractivity contribution in [3.05, 3.63) is 23.7 Å². The van der Waals surface area contributed by atoms with Crippen LogP contribution in [-0.4, -0.2) is 37.6 Å². The van der Waals surface area contributed by atoms with Gasteiger partial charge in [-0.2, -0.15) is 0 Å². The minimum atomic E-state index is 0.698. The zero-order valence-electron chi connectivity index (χ0n) is 10.3. The highest BCUT2D eigenvalue weighted by Crippen LogP contribution is 2.09. The van der Waals surface area contributed by atoms with Crippen LogP contribution in [0.2, 0.25) is 0 Å². The molecule has 1 aromatic heterocycles. The molecule has 1 atom stereocenters. The number of rotatable bonds is 5. The first-order valence-corrected chi connectivity index (χ1v) is 6.21. The van der Waals surface area contributed by atoms with Crippen LogP contribution in [0, 0.1) is 6.92 Å². The minimum absolute atomic E-state index is 0.698. The van der Waals surface area contributed by atoms with Crippen molar-refractivity contribution in [2.45, 2.75) is 32.2 Å². The van der Waals surface area contributed by atoms with Crippen LogP contribution in [0.5, 0.6) is 0 Å². The Balaban J connectivity index is 1.68. The molecule has 90 valence electrons. The molecule has 0 radical (unpaired) electrons. The molecule has 1 aliphatic heterocycles. The molecule has 1 fully saturated rings. The van der Waals surface area contributed by atoms with Crippen molar-refractivity contribution in [3.63, 3.8) is 0 Å². The molecule has 2 rings (SSSR count). The average Bonchev–Trinajstić information content (AvgIpc) is 2.87. The summed E-state index contributed by atoms with van der Waals surface area (Å²) in [5.74, 6) is 2.11. The van der Waals surface area contributed by atoms with Crippen LogP contribution in [0.1, 0.15) is 24.4 Å². The van der Waals surface area contributed by atoms with Gasteiger partial charge in [0.1, 0.15) is 11.5 Å². The normalized spacial score (nSPS) is 20.8. The number of hydrogen-bond donors (Lipinski definition) is 1. The van der Waals surface area contributed by atoms with Crippen molar-refractivity contribution >= 4 is 0 Å². The molecular formula is C13H22N2O. The Morgan fingerprint density at radius 1 is 1.50 bits per heavy atom. The largest absolute Gasteiger partial charge is 0.466 e. The standard InChI is InChI=1S/C13H22N2O/c1-11-5-6-13(16-11)7-9-15(2)10-12-4-3-8-14-12/h5-6,12,14H,3-4,7-10H2,1-2H3. The molecule has 0 aliphatic carbocycles. The fourth-order valence-corrected chi connectivity index (χ4v) is 2.30. The lowest BCUT2D eigenvalue weighted by Gasteiger charge is -2.20. The van der Waals surface area contributed by atoms with Gasteiger partial charge in [0.25, 0.3) is 0 Å². The van der Waals surface area contributed by atoms with Crippen LogP contribution in [0.4, 0.5) is 0 Å². The molecule has 0 saturated carbocycles. The summed E-state index contributed by atoms with van der Waals surface area (Å²) in [5, 5.41) is 3.52. The van der Waals surface area contributed by atoms with E-state index in [1.165, 1.54) is 19.4 Å². The zero-order valence-corrected chi connectivity index (χ0v) is 10.3. The highest BCUT2D eigenvalue weighted by Gasteiger charge is 2.15. The lowest BCUT2D eigenvalue weighted by atomic mass is 10.2. The maximum absolute atomic E-state index is 5.56. The molecule has 0 amide bonds. The van der Waals surface area contributed by atoms with Crippen LogP contribution in [-0.2, 0) is 6.42 Å². The lowest BCUT2D eigenvalue weighted by Crippen LogP contribution is -2.36. The molecule has 1 unspecified atom stereocenters. The molecule has 1 aromatic rings. The number of aryl methyl sites for hydroxylation is 1. The summed E-state index contributed by atoms with van der Waals surface area (Å²) >= 11 is 0. The predicted molar refractivity (Wildman–Crippen MR) is 65.7 cm³/mol. The molecular weight excluding hydrogens is 200 g/mol. The van der Waals surface area contributed by atoms with Gasteiger partial charge in [-0.1, -0.05) is 0 Å². The highest BCUT2D eigenvalue weighted by molar-refractivity contribution is 5.05. The smallest absolute Gasteiger partial charge is 0.105 e. The number of nitrogens with one attached hydrogen (secondary N) is 1. The summed E-state index contributed by atoms with van der Waals surface area (Å²) < 4.78 is 5.56. The van der Waals surface area contributed by atoms with Crippen molar-refractivity contribution in [2.75, 3.05) is 26.7 Å². The van der Waals surface area contributed by atoms with Gasteiger partial charge in [0, 0.05) is 25.6 Å². The van der Waals surface area contributed by atoms with Crippen molar-refractivity contribution < 1.29 is 4.42 Å². The Hall–Kier alpha value is -0.800. The number of furan rings is 1. The van der Waals surface area contributed by atoms with Crippen LogP contribution in [0.3, 0.4) is 0 Å². The average molecular weight is 222 g/mol. The van der Waals surface area contributed by atoms with E-state index >= 15 is 0 Å². The summed E-state index contributed by atoms with van der Waals surface area (Å²) in [4.78, 5) is 2.39. The number of hydrogen-bond acceptors (Lipinski definition) is 3. The van der Waals surface area contributed by atoms with E-state index in [4.69, 9.17) is 4.42 Å². The van der Waals surface area contributed by atoms with E-state index in [1.54, 1.807) is 0 Å². The maximum atomic E-state index is 5.56. The second kappa shape index (κ2) is 5.51. The SMILES string of the molecule is Cc1ccc(CCN(C)CC2CCCN2)o1. The van der Waals surface area contributed by atoms with Crippen molar-refractivity contribution in [3.8, 4) is 0 Å². The van der Waals surface area contributed by atoms with Gasteiger partial charge in [0.05, 0.1) is 0 Å². The molecule has 16 heavy (non-hydrogen) atoms. The molecule has 0 spiro atoms. The van der Waals surface area contributed by atoms with E-state index in [0.717, 1.165) is 31.0 Å². The monoisotopic (exact) mass is 222 g/mol. The minimum Gasteiger partial charge on any atom is -0.466 e. The van der Waals surface area contributed by atoms with Gasteiger partial charge in [-0.25, -0.2) is 0 Å². The van der Waals surface area contributed by atoms with Gasteiger partial charge < -0.3 is 14.6 Å². The van der Waals surface area contributed by atoms with E-state index in [1.807, 2.05) is 13.0 Å². The van der Waals surface area contributed by atoms with E-state index in [2.05, 4.69) is 23.3 Å². The fraction of sp³-hybridized carbons (Fsp3) is 0.692. The first-order chi connectivity index (χ1) is 7.74. The Morgan fingerprint density at radius 2 is 2.38 bits per heavy atom. The van der Waals surface area contributed by atoms with E-state index in [-0.39, 0.29) is 0 Å². The maximum Gasteiger partial charge on any atom is 0.105 e. The molecule has 2 heterocycles. The Kier molecular flexibility index (Phi) is 4.02. The Bertz CT molecular complexity index is 315. The van der Waals surface area contributed by atoms with Crippen molar-refractivity contribution in [2.24, 2.45) is 0 Å². The Morgan fingerprint density at radius 3 is 3.00 bits per heavy atom.